The van der Waals surface area contributed by atoms with Gasteiger partial charge < -0.3 is 15.4 Å². The highest BCUT2D eigenvalue weighted by atomic mass is 19.3. The van der Waals surface area contributed by atoms with Gasteiger partial charge in [-0.2, -0.15) is 8.78 Å². The molecule has 7 nitrogen and oxygen atoms in total. The van der Waals surface area contributed by atoms with Crippen molar-refractivity contribution in [2.45, 2.75) is 58.7 Å². The molecule has 0 saturated carbocycles. The molecule has 0 radical (unpaired) electrons. The Hall–Kier alpha value is -2.71. The van der Waals surface area contributed by atoms with Crippen molar-refractivity contribution >= 4 is 17.8 Å². The van der Waals surface area contributed by atoms with Gasteiger partial charge in [-0.05, 0) is 50.3 Å². The molecule has 0 spiro atoms. The van der Waals surface area contributed by atoms with Crippen molar-refractivity contribution in [2.24, 2.45) is 5.92 Å². The van der Waals surface area contributed by atoms with Crippen LogP contribution in [0.2, 0.25) is 0 Å². The first kappa shape index (κ1) is 22.6. The van der Waals surface area contributed by atoms with Crippen LogP contribution < -0.4 is 15.4 Å². The largest absolute Gasteiger partial charge is 0.435 e. The number of amides is 4. The molecule has 2 rings (SSSR count). The van der Waals surface area contributed by atoms with Crippen LogP contribution in [0.25, 0.3) is 0 Å². The topological polar surface area (TPSA) is 87.7 Å². The van der Waals surface area contributed by atoms with Gasteiger partial charge in [-0.3, -0.25) is 14.5 Å². The molecule has 160 valence electrons. The lowest BCUT2D eigenvalue weighted by molar-refractivity contribution is -0.135. The highest BCUT2D eigenvalue weighted by Crippen LogP contribution is 2.30. The van der Waals surface area contributed by atoms with Gasteiger partial charge in [0.25, 0.3) is 5.91 Å². The number of urea groups is 1. The Balaban J connectivity index is 2.03. The average molecular weight is 411 g/mol. The molecule has 0 unspecified atom stereocenters. The van der Waals surface area contributed by atoms with Crippen LogP contribution in [-0.4, -0.2) is 41.9 Å². The third-order valence-electron chi connectivity index (χ3n) is 4.82. The molecule has 1 aliphatic heterocycles. The molecule has 4 amide bonds. The van der Waals surface area contributed by atoms with Gasteiger partial charge in [0, 0.05) is 6.04 Å². The molecule has 9 heteroatoms. The van der Waals surface area contributed by atoms with Crippen LogP contribution in [-0.2, 0) is 15.1 Å². The molecule has 1 aromatic rings. The first-order valence-corrected chi connectivity index (χ1v) is 9.51. The molecule has 1 aliphatic rings. The number of nitrogens with one attached hydrogen (secondary N) is 2. The summed E-state index contributed by atoms with van der Waals surface area (Å²) < 4.78 is 28.9. The lowest BCUT2D eigenvalue weighted by Gasteiger charge is -2.22. The fourth-order valence-electron chi connectivity index (χ4n) is 3.13. The maximum atomic E-state index is 12.8. The van der Waals surface area contributed by atoms with E-state index in [0.29, 0.717) is 11.5 Å². The Labute approximate surface area is 168 Å². The van der Waals surface area contributed by atoms with Crippen LogP contribution in [0.15, 0.2) is 24.3 Å². The monoisotopic (exact) mass is 411 g/mol. The van der Waals surface area contributed by atoms with Gasteiger partial charge in [-0.15, -0.1) is 0 Å². The maximum absolute atomic E-state index is 12.8. The molecule has 0 aliphatic carbocycles. The van der Waals surface area contributed by atoms with Gasteiger partial charge in [0.15, 0.2) is 0 Å². The van der Waals surface area contributed by atoms with Crippen molar-refractivity contribution in [3.05, 3.63) is 29.8 Å². The highest BCUT2D eigenvalue weighted by Gasteiger charge is 2.49. The van der Waals surface area contributed by atoms with E-state index in [2.05, 4.69) is 29.2 Å². The van der Waals surface area contributed by atoms with Gasteiger partial charge in [0.2, 0.25) is 5.91 Å². The molecular weight excluding hydrogens is 384 g/mol. The molecule has 1 aromatic carbocycles. The van der Waals surface area contributed by atoms with E-state index >= 15 is 0 Å². The summed E-state index contributed by atoms with van der Waals surface area (Å²) in [4.78, 5) is 38.3. The van der Waals surface area contributed by atoms with Gasteiger partial charge in [-0.25, -0.2) is 4.79 Å². The summed E-state index contributed by atoms with van der Waals surface area (Å²) >= 11 is 0. The number of halogens is 2. The highest BCUT2D eigenvalue weighted by molar-refractivity contribution is 6.09. The van der Waals surface area contributed by atoms with Crippen LogP contribution in [0.4, 0.5) is 13.6 Å². The number of alkyl halides is 2. The predicted molar refractivity (Wildman–Crippen MR) is 102 cm³/mol. The summed E-state index contributed by atoms with van der Waals surface area (Å²) in [5, 5.41) is 5.37. The molecule has 0 bridgehead atoms. The quantitative estimate of drug-likeness (QED) is 0.612. The first-order chi connectivity index (χ1) is 13.5. The molecule has 0 aromatic heterocycles. The van der Waals surface area contributed by atoms with Gasteiger partial charge in [0.1, 0.15) is 17.8 Å². The number of hydrogen-bond acceptors (Lipinski definition) is 4. The van der Waals surface area contributed by atoms with Crippen molar-refractivity contribution in [1.82, 2.24) is 15.5 Å². The van der Waals surface area contributed by atoms with E-state index in [9.17, 15) is 23.2 Å². The Morgan fingerprint density at radius 1 is 1.17 bits per heavy atom. The van der Waals surface area contributed by atoms with Gasteiger partial charge in [0.05, 0.1) is 0 Å². The third kappa shape index (κ3) is 5.65. The standard InChI is InChI=1S/C20H27F2N3O4/c1-12(2)5-6-13(3)23-16(26)11-25-17(27)20(4,24-19(25)28)14-7-9-15(10-8-14)29-18(21)22/h7-10,12-13,18H,5-6,11H2,1-4H3,(H,23,26)(H,24,28)/t13-,20-/m0/s1. The number of ether oxygens (including phenoxy) is 1. The second kappa shape index (κ2) is 9.19. The Bertz CT molecular complexity index is 755. The molecule has 29 heavy (non-hydrogen) atoms. The number of imide groups is 1. The Kier molecular flexibility index (Phi) is 7.16. The zero-order valence-corrected chi connectivity index (χ0v) is 17.0. The van der Waals surface area contributed by atoms with Crippen molar-refractivity contribution in [1.29, 1.82) is 0 Å². The predicted octanol–water partition coefficient (Wildman–Crippen LogP) is 3.00. The molecule has 2 atom stereocenters. The van der Waals surface area contributed by atoms with E-state index in [-0.39, 0.29) is 11.8 Å². The normalized spacial score (nSPS) is 20.2. The summed E-state index contributed by atoms with van der Waals surface area (Å²) in [6.07, 6.45) is 1.75. The molecule has 2 N–H and O–H groups in total. The van der Waals surface area contributed by atoms with Crippen LogP contribution in [0, 0.1) is 5.92 Å². The van der Waals surface area contributed by atoms with E-state index in [4.69, 9.17) is 0 Å². The van der Waals surface area contributed by atoms with Gasteiger partial charge >= 0.3 is 12.6 Å². The van der Waals surface area contributed by atoms with Crippen molar-refractivity contribution in [2.75, 3.05) is 6.54 Å². The lowest BCUT2D eigenvalue weighted by atomic mass is 9.92. The first-order valence-electron chi connectivity index (χ1n) is 9.51. The minimum Gasteiger partial charge on any atom is -0.435 e. The zero-order chi connectivity index (χ0) is 21.8. The minimum absolute atomic E-state index is 0.0595. The third-order valence-corrected chi connectivity index (χ3v) is 4.82. The maximum Gasteiger partial charge on any atom is 0.387 e. The van der Waals surface area contributed by atoms with E-state index in [1.807, 2.05) is 6.92 Å². The fourth-order valence-corrected chi connectivity index (χ4v) is 3.13. The van der Waals surface area contributed by atoms with E-state index in [0.717, 1.165) is 17.7 Å². The number of nitrogens with zero attached hydrogens (tertiary/aromatic N) is 1. The molecule has 1 saturated heterocycles. The molecular formula is C20H27F2N3O4. The van der Waals surface area contributed by atoms with Crippen LogP contribution in [0.1, 0.15) is 46.1 Å². The number of carbonyl (C=O) groups excluding carboxylic acids is 3. The van der Waals surface area contributed by atoms with Crippen LogP contribution in [0.3, 0.4) is 0 Å². The van der Waals surface area contributed by atoms with Crippen LogP contribution in [0.5, 0.6) is 5.75 Å². The van der Waals surface area contributed by atoms with E-state index in [1.165, 1.54) is 31.2 Å². The number of rotatable bonds is 9. The van der Waals surface area contributed by atoms with Crippen molar-refractivity contribution in [3.8, 4) is 5.75 Å². The summed E-state index contributed by atoms with van der Waals surface area (Å²) in [6.45, 7) is 4.21. The minimum atomic E-state index is -2.96. The SMILES string of the molecule is CC(C)CC[C@H](C)NC(=O)CN1C(=O)N[C@@](C)(c2ccc(OC(F)F)cc2)C1=O. The molecule has 1 heterocycles. The average Bonchev–Trinajstić information content (AvgIpc) is 2.84. The lowest BCUT2D eigenvalue weighted by Crippen LogP contribution is -2.45. The number of carbonyl (C=O) groups is 3. The van der Waals surface area contributed by atoms with E-state index in [1.54, 1.807) is 0 Å². The second-order valence-corrected chi connectivity index (χ2v) is 7.79. The smallest absolute Gasteiger partial charge is 0.387 e. The Morgan fingerprint density at radius 2 is 1.79 bits per heavy atom. The summed E-state index contributed by atoms with van der Waals surface area (Å²) in [6, 6.07) is 4.67. The van der Waals surface area contributed by atoms with Crippen molar-refractivity contribution in [3.63, 3.8) is 0 Å². The number of benzene rings is 1. The second-order valence-electron chi connectivity index (χ2n) is 7.79. The van der Waals surface area contributed by atoms with Crippen LogP contribution >= 0.6 is 0 Å². The fraction of sp³-hybridized carbons (Fsp3) is 0.550. The summed E-state index contributed by atoms with van der Waals surface area (Å²) in [7, 11) is 0. The van der Waals surface area contributed by atoms with Crippen molar-refractivity contribution < 1.29 is 27.9 Å². The van der Waals surface area contributed by atoms with E-state index < -0.39 is 36.5 Å². The summed E-state index contributed by atoms with van der Waals surface area (Å²) in [5.41, 5.74) is -1.00. The van der Waals surface area contributed by atoms with Gasteiger partial charge in [-0.1, -0.05) is 26.0 Å². The number of hydrogen-bond donors (Lipinski definition) is 2. The summed E-state index contributed by atoms with van der Waals surface area (Å²) in [5.74, 6) is -0.557. The zero-order valence-electron chi connectivity index (χ0n) is 17.0. The molecule has 1 fully saturated rings. The Morgan fingerprint density at radius 3 is 2.34 bits per heavy atom.